The van der Waals surface area contributed by atoms with Crippen LogP contribution in [0.3, 0.4) is 0 Å². The molecule has 0 aliphatic rings. The minimum absolute atomic E-state index is 0.181. The smallest absolute Gasteiger partial charge is 0.361 e. The monoisotopic (exact) mass is 411 g/mol. The van der Waals surface area contributed by atoms with Crippen LogP contribution in [0.1, 0.15) is 32.9 Å². The van der Waals surface area contributed by atoms with Crippen LogP contribution in [0, 0.1) is 13.8 Å². The van der Waals surface area contributed by atoms with Crippen molar-refractivity contribution in [1.29, 1.82) is 0 Å². The summed E-state index contributed by atoms with van der Waals surface area (Å²) in [5.41, 5.74) is 4.69. The molecule has 0 aliphatic carbocycles. The molecule has 0 saturated carbocycles. The van der Waals surface area contributed by atoms with Gasteiger partial charge in [-0.3, -0.25) is 0 Å². The lowest BCUT2D eigenvalue weighted by molar-refractivity contribution is 0.0464. The van der Waals surface area contributed by atoms with E-state index in [1.807, 2.05) is 49.4 Å². The lowest BCUT2D eigenvalue weighted by atomic mass is 10.1. The second-order valence-electron chi connectivity index (χ2n) is 5.89. The number of hydrogen-bond acceptors (Lipinski definition) is 4. The lowest BCUT2D eigenvalue weighted by Gasteiger charge is -2.07. The highest BCUT2D eigenvalue weighted by Crippen LogP contribution is 2.21. The van der Waals surface area contributed by atoms with Crippen molar-refractivity contribution in [2.45, 2.75) is 20.5 Å². The Kier molecular flexibility index (Phi) is 5.32. The van der Waals surface area contributed by atoms with Crippen molar-refractivity contribution >= 4 is 28.0 Å². The van der Waals surface area contributed by atoms with Crippen LogP contribution in [-0.2, 0) is 11.3 Å². The summed E-state index contributed by atoms with van der Waals surface area (Å²) < 4.78 is 8.02. The molecule has 0 spiro atoms. The Morgan fingerprint density at radius 1 is 1.23 bits per heavy atom. The molecule has 2 aromatic carbocycles. The average Bonchev–Trinajstić information content (AvgIpc) is 3.04. The maximum Gasteiger partial charge on any atom is 0.361 e. The van der Waals surface area contributed by atoms with Crippen LogP contribution in [0.25, 0.3) is 11.8 Å². The molecule has 26 heavy (non-hydrogen) atoms. The number of carbonyl (C=O) groups is 1. The average molecular weight is 412 g/mol. The van der Waals surface area contributed by atoms with Gasteiger partial charge >= 0.3 is 5.97 Å². The summed E-state index contributed by atoms with van der Waals surface area (Å²) in [5.74, 6) is -0.490. The fourth-order valence-corrected chi connectivity index (χ4v) is 2.74. The topological polar surface area (TPSA) is 57.0 Å². The second kappa shape index (κ2) is 7.66. The molecule has 0 unspecified atom stereocenters. The molecule has 0 bridgehead atoms. The number of nitrogens with zero attached hydrogens (tertiary/aromatic N) is 3. The molecule has 0 N–H and O–H groups in total. The standard InChI is InChI=1S/C20H18BrN3O2/c1-4-15-5-7-16(8-6-15)12-26-20(25)19-14(3)24(23-22-19)17-9-10-18(21)13(2)11-17/h4-11H,1,12H2,2-3H3. The van der Waals surface area contributed by atoms with Crippen molar-refractivity contribution in [1.82, 2.24) is 15.0 Å². The number of aromatic nitrogens is 3. The van der Waals surface area contributed by atoms with Gasteiger partial charge in [-0.25, -0.2) is 9.48 Å². The molecule has 0 saturated heterocycles. The van der Waals surface area contributed by atoms with Gasteiger partial charge in [0.2, 0.25) is 0 Å². The fraction of sp³-hybridized carbons (Fsp3) is 0.150. The SMILES string of the molecule is C=Cc1ccc(COC(=O)c2nnn(-c3ccc(Br)c(C)c3)c2C)cc1. The third-order valence-corrected chi connectivity index (χ3v) is 4.95. The van der Waals surface area contributed by atoms with Crippen LogP contribution < -0.4 is 0 Å². The van der Waals surface area contributed by atoms with Gasteiger partial charge < -0.3 is 4.74 Å². The molecule has 3 aromatic rings. The molecule has 0 amide bonds. The molecule has 1 aromatic heterocycles. The predicted octanol–water partition coefficient (Wildman–Crippen LogP) is 4.65. The Morgan fingerprint density at radius 2 is 1.96 bits per heavy atom. The van der Waals surface area contributed by atoms with E-state index in [1.165, 1.54) is 0 Å². The van der Waals surface area contributed by atoms with Crippen molar-refractivity contribution < 1.29 is 9.53 Å². The Morgan fingerprint density at radius 3 is 2.62 bits per heavy atom. The number of aryl methyl sites for hydroxylation is 1. The highest BCUT2D eigenvalue weighted by molar-refractivity contribution is 9.10. The first-order valence-corrected chi connectivity index (χ1v) is 8.86. The van der Waals surface area contributed by atoms with Crippen LogP contribution in [0.4, 0.5) is 0 Å². The van der Waals surface area contributed by atoms with Gasteiger partial charge in [0.05, 0.1) is 11.4 Å². The zero-order valence-corrected chi connectivity index (χ0v) is 16.2. The van der Waals surface area contributed by atoms with Crippen molar-refractivity contribution in [3.63, 3.8) is 0 Å². The molecule has 6 heteroatoms. The van der Waals surface area contributed by atoms with Crippen LogP contribution in [0.5, 0.6) is 0 Å². The normalized spacial score (nSPS) is 10.6. The number of benzene rings is 2. The first-order valence-electron chi connectivity index (χ1n) is 8.07. The zero-order chi connectivity index (χ0) is 18.7. The first-order chi connectivity index (χ1) is 12.5. The Balaban J connectivity index is 1.74. The van der Waals surface area contributed by atoms with Crippen molar-refractivity contribution in [3.05, 3.63) is 81.6 Å². The summed E-state index contributed by atoms with van der Waals surface area (Å²) in [6, 6.07) is 13.5. The van der Waals surface area contributed by atoms with Gasteiger partial charge in [-0.15, -0.1) is 5.10 Å². The Bertz CT molecular complexity index is 962. The number of halogens is 1. The minimum Gasteiger partial charge on any atom is -0.456 e. The molecule has 132 valence electrons. The van der Waals surface area contributed by atoms with Crippen LogP contribution >= 0.6 is 15.9 Å². The van der Waals surface area contributed by atoms with Crippen molar-refractivity contribution in [3.8, 4) is 5.69 Å². The molecular formula is C20H18BrN3O2. The molecule has 0 fully saturated rings. The zero-order valence-electron chi connectivity index (χ0n) is 14.6. The number of esters is 1. The number of ether oxygens (including phenoxy) is 1. The summed E-state index contributed by atoms with van der Waals surface area (Å²) in [5, 5.41) is 8.09. The third kappa shape index (κ3) is 3.75. The molecule has 0 atom stereocenters. The maximum absolute atomic E-state index is 12.4. The molecule has 3 rings (SSSR count). The second-order valence-corrected chi connectivity index (χ2v) is 6.74. The van der Waals surface area contributed by atoms with Crippen LogP contribution in [0.15, 0.2) is 53.5 Å². The summed E-state index contributed by atoms with van der Waals surface area (Å²) in [4.78, 5) is 12.4. The van der Waals surface area contributed by atoms with Crippen molar-refractivity contribution in [2.75, 3.05) is 0 Å². The first kappa shape index (κ1) is 18.1. The number of hydrogen-bond donors (Lipinski definition) is 0. The fourth-order valence-electron chi connectivity index (χ4n) is 2.49. The summed E-state index contributed by atoms with van der Waals surface area (Å²) >= 11 is 3.48. The van der Waals surface area contributed by atoms with Gasteiger partial charge in [-0.2, -0.15) is 0 Å². The molecular weight excluding hydrogens is 394 g/mol. The van der Waals surface area contributed by atoms with E-state index in [-0.39, 0.29) is 12.3 Å². The molecule has 0 aliphatic heterocycles. The summed E-state index contributed by atoms with van der Waals surface area (Å²) in [7, 11) is 0. The van der Waals surface area contributed by atoms with E-state index in [2.05, 4.69) is 32.8 Å². The van der Waals surface area contributed by atoms with Crippen molar-refractivity contribution in [2.24, 2.45) is 0 Å². The van der Waals surface area contributed by atoms with E-state index in [1.54, 1.807) is 17.7 Å². The maximum atomic E-state index is 12.4. The number of rotatable bonds is 5. The van der Waals surface area contributed by atoms with Gasteiger partial charge in [-0.1, -0.05) is 58.1 Å². The summed E-state index contributed by atoms with van der Waals surface area (Å²) in [6.45, 7) is 7.69. The highest BCUT2D eigenvalue weighted by atomic mass is 79.9. The molecule has 0 radical (unpaired) electrons. The lowest BCUT2D eigenvalue weighted by Crippen LogP contribution is -2.08. The predicted molar refractivity (Wildman–Crippen MR) is 104 cm³/mol. The van der Waals surface area contributed by atoms with E-state index in [0.717, 1.165) is 26.9 Å². The van der Waals surface area contributed by atoms with E-state index in [0.29, 0.717) is 5.69 Å². The van der Waals surface area contributed by atoms with E-state index in [9.17, 15) is 4.79 Å². The minimum atomic E-state index is -0.490. The number of carbonyl (C=O) groups excluding carboxylic acids is 1. The Hall–Kier alpha value is -2.73. The molecule has 1 heterocycles. The van der Waals surface area contributed by atoms with Crippen LogP contribution in [0.2, 0.25) is 0 Å². The van der Waals surface area contributed by atoms with E-state index >= 15 is 0 Å². The quantitative estimate of drug-likeness (QED) is 0.573. The van der Waals surface area contributed by atoms with Gasteiger partial charge in [0.1, 0.15) is 6.61 Å². The van der Waals surface area contributed by atoms with Gasteiger partial charge in [0.15, 0.2) is 5.69 Å². The van der Waals surface area contributed by atoms with Gasteiger partial charge in [0.25, 0.3) is 0 Å². The van der Waals surface area contributed by atoms with Crippen LogP contribution in [-0.4, -0.2) is 21.0 Å². The van der Waals surface area contributed by atoms with E-state index in [4.69, 9.17) is 4.74 Å². The van der Waals surface area contributed by atoms with Gasteiger partial charge in [0, 0.05) is 4.47 Å². The third-order valence-electron chi connectivity index (χ3n) is 4.06. The largest absolute Gasteiger partial charge is 0.456 e. The Labute approximate surface area is 160 Å². The van der Waals surface area contributed by atoms with Gasteiger partial charge in [-0.05, 0) is 48.7 Å². The highest BCUT2D eigenvalue weighted by Gasteiger charge is 2.19. The molecule has 5 nitrogen and oxygen atoms in total. The van der Waals surface area contributed by atoms with E-state index < -0.39 is 5.97 Å². The summed E-state index contributed by atoms with van der Waals surface area (Å²) in [6.07, 6.45) is 1.77.